The molecule has 1 unspecified atom stereocenters. The van der Waals surface area contributed by atoms with E-state index in [-0.39, 0.29) is 11.9 Å². The van der Waals surface area contributed by atoms with E-state index in [9.17, 15) is 4.39 Å². The summed E-state index contributed by atoms with van der Waals surface area (Å²) in [5, 5.41) is 3.23. The first-order valence-corrected chi connectivity index (χ1v) is 6.93. The number of aromatic nitrogens is 1. The average molecular weight is 323 g/mol. The molecule has 2 aromatic rings. The topological polar surface area (TPSA) is 24.9 Å². The highest BCUT2D eigenvalue weighted by Gasteiger charge is 2.13. The molecule has 0 spiro atoms. The maximum Gasteiger partial charge on any atom is 0.127 e. The Kier molecular flexibility index (Phi) is 4.66. The number of nitrogens with one attached hydrogen (secondary N) is 1. The fraction of sp³-hybridized carbons (Fsp3) is 0.267. The van der Waals surface area contributed by atoms with Crippen molar-refractivity contribution in [2.75, 3.05) is 7.05 Å². The number of rotatable bonds is 4. The first-order valence-electron chi connectivity index (χ1n) is 6.14. The van der Waals surface area contributed by atoms with Crippen LogP contribution in [0.2, 0.25) is 0 Å². The van der Waals surface area contributed by atoms with Gasteiger partial charge in [-0.05, 0) is 55.8 Å². The fourth-order valence-corrected chi connectivity index (χ4v) is 2.41. The SMILES string of the molecule is CNC(Cc1ccc(Br)cc1F)c1ccnc(C)c1. The quantitative estimate of drug-likeness (QED) is 0.926. The lowest BCUT2D eigenvalue weighted by Crippen LogP contribution is -2.19. The van der Waals surface area contributed by atoms with Crippen LogP contribution in [0.1, 0.15) is 22.9 Å². The van der Waals surface area contributed by atoms with Crippen molar-refractivity contribution in [2.24, 2.45) is 0 Å². The van der Waals surface area contributed by atoms with E-state index >= 15 is 0 Å². The molecule has 1 N–H and O–H groups in total. The van der Waals surface area contributed by atoms with Crippen LogP contribution in [0.25, 0.3) is 0 Å². The lowest BCUT2D eigenvalue weighted by Gasteiger charge is -2.17. The maximum absolute atomic E-state index is 13.9. The number of hydrogen-bond donors (Lipinski definition) is 1. The van der Waals surface area contributed by atoms with E-state index in [1.807, 2.05) is 38.2 Å². The molecule has 0 amide bonds. The minimum atomic E-state index is -0.180. The standard InChI is InChI=1S/C15H16BrFN2/c1-10-7-12(5-6-19-10)15(18-2)8-11-3-4-13(16)9-14(11)17/h3-7,9,15,18H,8H2,1-2H3. The van der Waals surface area contributed by atoms with Crippen LogP contribution in [0.4, 0.5) is 4.39 Å². The summed E-state index contributed by atoms with van der Waals surface area (Å²) in [6.45, 7) is 1.95. The molecule has 1 heterocycles. The number of aryl methyl sites for hydroxylation is 1. The van der Waals surface area contributed by atoms with Crippen molar-refractivity contribution in [2.45, 2.75) is 19.4 Å². The largest absolute Gasteiger partial charge is 0.313 e. The number of nitrogens with zero attached hydrogens (tertiary/aromatic N) is 1. The fourth-order valence-electron chi connectivity index (χ4n) is 2.08. The molecule has 100 valence electrons. The highest BCUT2D eigenvalue weighted by molar-refractivity contribution is 9.10. The van der Waals surface area contributed by atoms with Gasteiger partial charge in [0.05, 0.1) is 0 Å². The highest BCUT2D eigenvalue weighted by atomic mass is 79.9. The number of halogens is 2. The maximum atomic E-state index is 13.9. The molecule has 1 aromatic carbocycles. The molecule has 2 nitrogen and oxygen atoms in total. The van der Waals surface area contributed by atoms with Crippen LogP contribution in [-0.4, -0.2) is 12.0 Å². The van der Waals surface area contributed by atoms with E-state index in [0.29, 0.717) is 12.0 Å². The van der Waals surface area contributed by atoms with Crippen LogP contribution in [0.5, 0.6) is 0 Å². The van der Waals surface area contributed by atoms with Gasteiger partial charge in [-0.2, -0.15) is 0 Å². The molecule has 0 aliphatic rings. The van der Waals surface area contributed by atoms with Crippen molar-refractivity contribution in [3.05, 3.63) is 63.6 Å². The smallest absolute Gasteiger partial charge is 0.127 e. The third-order valence-corrected chi connectivity index (χ3v) is 3.60. The van der Waals surface area contributed by atoms with Gasteiger partial charge in [-0.25, -0.2) is 4.39 Å². The van der Waals surface area contributed by atoms with Crippen molar-refractivity contribution < 1.29 is 4.39 Å². The van der Waals surface area contributed by atoms with Gasteiger partial charge in [-0.15, -0.1) is 0 Å². The van der Waals surface area contributed by atoms with Gasteiger partial charge in [0.25, 0.3) is 0 Å². The third kappa shape index (κ3) is 3.61. The second-order valence-electron chi connectivity index (χ2n) is 4.51. The van der Waals surface area contributed by atoms with Crippen LogP contribution >= 0.6 is 15.9 Å². The Morgan fingerprint density at radius 1 is 1.32 bits per heavy atom. The molecule has 0 bridgehead atoms. The summed E-state index contributed by atoms with van der Waals surface area (Å²) < 4.78 is 14.6. The summed E-state index contributed by atoms with van der Waals surface area (Å²) in [7, 11) is 1.89. The highest BCUT2D eigenvalue weighted by Crippen LogP contribution is 2.22. The van der Waals surface area contributed by atoms with E-state index in [0.717, 1.165) is 15.7 Å². The normalized spacial score (nSPS) is 12.4. The molecule has 1 aromatic heterocycles. The van der Waals surface area contributed by atoms with E-state index in [4.69, 9.17) is 0 Å². The summed E-state index contributed by atoms with van der Waals surface area (Å²) in [6.07, 6.45) is 2.39. The summed E-state index contributed by atoms with van der Waals surface area (Å²) in [6, 6.07) is 9.25. The zero-order valence-corrected chi connectivity index (χ0v) is 12.5. The minimum Gasteiger partial charge on any atom is -0.313 e. The van der Waals surface area contributed by atoms with E-state index < -0.39 is 0 Å². The Bertz CT molecular complexity index is 572. The number of hydrogen-bond acceptors (Lipinski definition) is 2. The lowest BCUT2D eigenvalue weighted by atomic mass is 9.99. The summed E-state index contributed by atoms with van der Waals surface area (Å²) in [5.41, 5.74) is 2.79. The summed E-state index contributed by atoms with van der Waals surface area (Å²) in [4.78, 5) is 4.18. The van der Waals surface area contributed by atoms with Crippen LogP contribution < -0.4 is 5.32 Å². The first kappa shape index (κ1) is 14.2. The van der Waals surface area contributed by atoms with Gasteiger partial charge >= 0.3 is 0 Å². The summed E-state index contributed by atoms with van der Waals surface area (Å²) in [5.74, 6) is -0.180. The Balaban J connectivity index is 2.24. The second kappa shape index (κ2) is 6.26. The van der Waals surface area contributed by atoms with Crippen LogP contribution in [0.15, 0.2) is 41.0 Å². The minimum absolute atomic E-state index is 0.0809. The molecule has 0 radical (unpaired) electrons. The van der Waals surface area contributed by atoms with Crippen molar-refractivity contribution in [1.82, 2.24) is 10.3 Å². The average Bonchev–Trinajstić information content (AvgIpc) is 2.38. The van der Waals surface area contributed by atoms with Gasteiger partial charge in [-0.1, -0.05) is 22.0 Å². The molecule has 19 heavy (non-hydrogen) atoms. The molecular formula is C15H16BrFN2. The predicted octanol–water partition coefficient (Wildman–Crippen LogP) is 3.79. The Morgan fingerprint density at radius 3 is 2.74 bits per heavy atom. The van der Waals surface area contributed by atoms with E-state index in [1.54, 1.807) is 6.20 Å². The van der Waals surface area contributed by atoms with Crippen molar-refractivity contribution in [3.8, 4) is 0 Å². The predicted molar refractivity (Wildman–Crippen MR) is 78.6 cm³/mol. The molecule has 0 aliphatic heterocycles. The van der Waals surface area contributed by atoms with Gasteiger partial charge in [0, 0.05) is 22.4 Å². The number of likely N-dealkylation sites (N-methyl/N-ethyl adjacent to an activating group) is 1. The number of pyridine rings is 1. The molecule has 0 fully saturated rings. The second-order valence-corrected chi connectivity index (χ2v) is 5.43. The monoisotopic (exact) mass is 322 g/mol. The summed E-state index contributed by atoms with van der Waals surface area (Å²) >= 11 is 3.27. The van der Waals surface area contributed by atoms with E-state index in [1.165, 1.54) is 6.07 Å². The van der Waals surface area contributed by atoms with Crippen molar-refractivity contribution >= 4 is 15.9 Å². The third-order valence-electron chi connectivity index (χ3n) is 3.11. The first-order chi connectivity index (χ1) is 9.10. The number of benzene rings is 1. The zero-order valence-electron chi connectivity index (χ0n) is 11.0. The van der Waals surface area contributed by atoms with Gasteiger partial charge in [0.2, 0.25) is 0 Å². The molecule has 0 saturated carbocycles. The Labute approximate surface area is 121 Å². The Morgan fingerprint density at radius 2 is 2.11 bits per heavy atom. The Hall–Kier alpha value is -1.26. The molecule has 0 saturated heterocycles. The van der Waals surface area contributed by atoms with Crippen molar-refractivity contribution in [3.63, 3.8) is 0 Å². The van der Waals surface area contributed by atoms with E-state index in [2.05, 4.69) is 26.2 Å². The molecule has 2 rings (SSSR count). The van der Waals surface area contributed by atoms with Crippen LogP contribution in [0, 0.1) is 12.7 Å². The lowest BCUT2D eigenvalue weighted by molar-refractivity contribution is 0.553. The van der Waals surface area contributed by atoms with Crippen LogP contribution in [-0.2, 0) is 6.42 Å². The van der Waals surface area contributed by atoms with Gasteiger partial charge in [-0.3, -0.25) is 4.98 Å². The molecular weight excluding hydrogens is 307 g/mol. The molecule has 4 heteroatoms. The van der Waals surface area contributed by atoms with Crippen molar-refractivity contribution in [1.29, 1.82) is 0 Å². The van der Waals surface area contributed by atoms with Crippen LogP contribution in [0.3, 0.4) is 0 Å². The zero-order chi connectivity index (χ0) is 13.8. The molecule has 1 atom stereocenters. The van der Waals surface area contributed by atoms with Gasteiger partial charge < -0.3 is 5.32 Å². The van der Waals surface area contributed by atoms with Gasteiger partial charge in [0.1, 0.15) is 5.82 Å². The molecule has 0 aliphatic carbocycles. The van der Waals surface area contributed by atoms with Gasteiger partial charge in [0.15, 0.2) is 0 Å².